The number of ether oxygens (including phenoxy) is 1. The third-order valence-corrected chi connectivity index (χ3v) is 4.70. The molecule has 1 aromatic carbocycles. The fourth-order valence-corrected chi connectivity index (χ4v) is 3.14. The highest BCUT2D eigenvalue weighted by molar-refractivity contribution is 5.95. The first-order chi connectivity index (χ1) is 14.1. The molecule has 0 atom stereocenters. The summed E-state index contributed by atoms with van der Waals surface area (Å²) in [5, 5.41) is 2.87. The minimum Gasteiger partial charge on any atom is -0.485 e. The van der Waals surface area contributed by atoms with Crippen molar-refractivity contribution in [2.45, 2.75) is 46.3 Å². The Bertz CT molecular complexity index is 1070. The van der Waals surface area contributed by atoms with Crippen LogP contribution in [0.15, 0.2) is 30.5 Å². The van der Waals surface area contributed by atoms with Gasteiger partial charge in [0.2, 0.25) is 0 Å². The molecule has 0 saturated heterocycles. The molecule has 160 valence electrons. The van der Waals surface area contributed by atoms with Crippen molar-refractivity contribution in [3.8, 4) is 5.75 Å². The van der Waals surface area contributed by atoms with Gasteiger partial charge in [0.1, 0.15) is 23.9 Å². The van der Waals surface area contributed by atoms with Crippen molar-refractivity contribution in [2.75, 3.05) is 6.54 Å². The number of pyridine rings is 1. The van der Waals surface area contributed by atoms with Gasteiger partial charge in [0.15, 0.2) is 11.4 Å². The number of aryl methyl sites for hydroxylation is 2. The van der Waals surface area contributed by atoms with Crippen molar-refractivity contribution in [3.05, 3.63) is 64.6 Å². The van der Waals surface area contributed by atoms with Crippen LogP contribution in [-0.4, -0.2) is 27.4 Å². The van der Waals surface area contributed by atoms with Gasteiger partial charge in [0.05, 0.1) is 11.3 Å². The second-order valence-electron chi connectivity index (χ2n) is 8.10. The maximum Gasteiger partial charge on any atom is 0.270 e. The highest BCUT2D eigenvalue weighted by atomic mass is 19.1. The lowest BCUT2D eigenvalue weighted by Crippen LogP contribution is -2.37. The normalized spacial score (nSPS) is 11.7. The van der Waals surface area contributed by atoms with Gasteiger partial charge in [-0.1, -0.05) is 6.07 Å². The number of carbonyl (C=O) groups is 1. The number of hydrogen-bond donors (Lipinski definition) is 2. The van der Waals surface area contributed by atoms with E-state index in [0.717, 1.165) is 5.56 Å². The Morgan fingerprint density at radius 2 is 1.93 bits per heavy atom. The number of fused-ring (bicyclic) bond motifs is 1. The van der Waals surface area contributed by atoms with Crippen LogP contribution in [0.3, 0.4) is 0 Å². The number of amides is 1. The minimum absolute atomic E-state index is 0.164. The highest BCUT2D eigenvalue weighted by Gasteiger charge is 2.21. The molecule has 2 aromatic heterocycles. The number of carbonyl (C=O) groups excluding carboxylic acids is 1. The summed E-state index contributed by atoms with van der Waals surface area (Å²) in [4.78, 5) is 17.2. The van der Waals surface area contributed by atoms with Gasteiger partial charge >= 0.3 is 0 Å². The summed E-state index contributed by atoms with van der Waals surface area (Å²) in [7, 11) is 0. The van der Waals surface area contributed by atoms with Crippen molar-refractivity contribution in [2.24, 2.45) is 5.73 Å². The fraction of sp³-hybridized carbons (Fsp3) is 0.364. The maximum absolute atomic E-state index is 13.9. The number of nitrogens with two attached hydrogens (primary N) is 1. The maximum atomic E-state index is 13.9. The molecule has 0 spiro atoms. The molecule has 2 heterocycles. The number of benzene rings is 1. The summed E-state index contributed by atoms with van der Waals surface area (Å²) in [6, 6.07) is 5.38. The van der Waals surface area contributed by atoms with E-state index in [0.29, 0.717) is 35.8 Å². The average molecular weight is 416 g/mol. The summed E-state index contributed by atoms with van der Waals surface area (Å²) < 4.78 is 35.2. The van der Waals surface area contributed by atoms with E-state index < -0.39 is 11.6 Å². The predicted molar refractivity (Wildman–Crippen MR) is 111 cm³/mol. The first-order valence-electron chi connectivity index (χ1n) is 9.69. The van der Waals surface area contributed by atoms with E-state index in [1.54, 1.807) is 23.6 Å². The number of halogens is 2. The molecule has 30 heavy (non-hydrogen) atoms. The Kier molecular flexibility index (Phi) is 6.07. The zero-order valence-corrected chi connectivity index (χ0v) is 17.6. The van der Waals surface area contributed by atoms with Crippen LogP contribution in [0, 0.1) is 25.5 Å². The number of imidazole rings is 1. The standard InChI is InChI=1S/C22H26F2N4O2/c1-13-10-18(30-12-15-16(23)6-5-7-17(15)24)20-27-14(2)19(28(20)11-13)21(29)26-9-8-22(3,4)25/h5-7,10-11H,8-9,12,25H2,1-4H3,(H,26,29). The third kappa shape index (κ3) is 4.76. The van der Waals surface area contributed by atoms with Crippen molar-refractivity contribution in [1.82, 2.24) is 14.7 Å². The quantitative estimate of drug-likeness (QED) is 0.616. The van der Waals surface area contributed by atoms with Crippen LogP contribution in [0.5, 0.6) is 5.75 Å². The Morgan fingerprint density at radius 3 is 2.57 bits per heavy atom. The molecule has 0 aliphatic heterocycles. The van der Waals surface area contributed by atoms with Crippen molar-refractivity contribution < 1.29 is 18.3 Å². The molecule has 0 aliphatic rings. The van der Waals surface area contributed by atoms with E-state index in [4.69, 9.17) is 10.5 Å². The molecule has 3 N–H and O–H groups in total. The van der Waals surface area contributed by atoms with Crippen molar-refractivity contribution in [3.63, 3.8) is 0 Å². The number of aromatic nitrogens is 2. The van der Waals surface area contributed by atoms with Gasteiger partial charge in [-0.15, -0.1) is 0 Å². The lowest BCUT2D eigenvalue weighted by Gasteiger charge is -2.18. The van der Waals surface area contributed by atoms with Gasteiger partial charge in [-0.2, -0.15) is 0 Å². The Hall–Kier alpha value is -3.00. The molecule has 6 nitrogen and oxygen atoms in total. The smallest absolute Gasteiger partial charge is 0.270 e. The van der Waals surface area contributed by atoms with Gasteiger partial charge < -0.3 is 15.8 Å². The van der Waals surface area contributed by atoms with E-state index in [-0.39, 0.29) is 23.6 Å². The number of hydrogen-bond acceptors (Lipinski definition) is 4. The first kappa shape index (κ1) is 21.7. The van der Waals surface area contributed by atoms with Crippen LogP contribution in [0.4, 0.5) is 8.78 Å². The Balaban J connectivity index is 1.89. The van der Waals surface area contributed by atoms with Crippen LogP contribution < -0.4 is 15.8 Å². The molecule has 0 fully saturated rings. The molecule has 1 amide bonds. The molecule has 0 unspecified atom stereocenters. The molecule has 0 bridgehead atoms. The molecule has 0 radical (unpaired) electrons. The van der Waals surface area contributed by atoms with Crippen LogP contribution in [0.2, 0.25) is 0 Å². The number of nitrogens with zero attached hydrogens (tertiary/aromatic N) is 2. The first-order valence-corrected chi connectivity index (χ1v) is 9.69. The summed E-state index contributed by atoms with van der Waals surface area (Å²) in [5.74, 6) is -1.30. The molecule has 0 aliphatic carbocycles. The Labute approximate surface area is 174 Å². The van der Waals surface area contributed by atoms with Crippen molar-refractivity contribution in [1.29, 1.82) is 0 Å². The average Bonchev–Trinajstić information content (AvgIpc) is 2.95. The van der Waals surface area contributed by atoms with E-state index >= 15 is 0 Å². The van der Waals surface area contributed by atoms with Crippen LogP contribution >= 0.6 is 0 Å². The molecule has 8 heteroatoms. The zero-order chi connectivity index (χ0) is 22.1. The zero-order valence-electron chi connectivity index (χ0n) is 17.6. The lowest BCUT2D eigenvalue weighted by molar-refractivity contribution is 0.0945. The second kappa shape index (κ2) is 8.39. The van der Waals surface area contributed by atoms with Crippen LogP contribution in [-0.2, 0) is 6.61 Å². The highest BCUT2D eigenvalue weighted by Crippen LogP contribution is 2.26. The third-order valence-electron chi connectivity index (χ3n) is 4.70. The molecular formula is C22H26F2N4O2. The second-order valence-corrected chi connectivity index (χ2v) is 8.10. The Morgan fingerprint density at radius 1 is 1.27 bits per heavy atom. The minimum atomic E-state index is -0.680. The largest absolute Gasteiger partial charge is 0.485 e. The summed E-state index contributed by atoms with van der Waals surface area (Å²) in [5.41, 5.74) is 7.52. The summed E-state index contributed by atoms with van der Waals surface area (Å²) >= 11 is 0. The van der Waals surface area contributed by atoms with E-state index in [9.17, 15) is 13.6 Å². The van der Waals surface area contributed by atoms with Gasteiger partial charge in [0.25, 0.3) is 5.91 Å². The monoisotopic (exact) mass is 416 g/mol. The topological polar surface area (TPSA) is 81.6 Å². The summed E-state index contributed by atoms with van der Waals surface area (Å²) in [6.45, 7) is 7.48. The van der Waals surface area contributed by atoms with Crippen LogP contribution in [0.25, 0.3) is 5.65 Å². The van der Waals surface area contributed by atoms with E-state index in [1.807, 2.05) is 20.8 Å². The molecule has 3 rings (SSSR count). The van der Waals surface area contributed by atoms with E-state index in [1.165, 1.54) is 18.2 Å². The lowest BCUT2D eigenvalue weighted by atomic mass is 10.0. The number of rotatable bonds is 7. The fourth-order valence-electron chi connectivity index (χ4n) is 3.14. The van der Waals surface area contributed by atoms with E-state index in [2.05, 4.69) is 10.3 Å². The molecule has 0 saturated carbocycles. The molecule has 3 aromatic rings. The summed E-state index contributed by atoms with van der Waals surface area (Å²) in [6.07, 6.45) is 2.39. The van der Waals surface area contributed by atoms with Gasteiger partial charge in [-0.05, 0) is 57.9 Å². The van der Waals surface area contributed by atoms with Gasteiger partial charge in [-0.25, -0.2) is 13.8 Å². The SMILES string of the molecule is Cc1cc(OCc2c(F)cccc2F)c2nc(C)c(C(=O)NCCC(C)(C)N)n2c1. The van der Waals surface area contributed by atoms with Crippen LogP contribution in [0.1, 0.15) is 47.6 Å². The van der Waals surface area contributed by atoms with Crippen molar-refractivity contribution >= 4 is 11.6 Å². The number of nitrogens with one attached hydrogen (secondary N) is 1. The van der Waals surface area contributed by atoms with Gasteiger partial charge in [0, 0.05) is 18.3 Å². The molecular weight excluding hydrogens is 390 g/mol. The predicted octanol–water partition coefficient (Wildman–Crippen LogP) is 3.67. The van der Waals surface area contributed by atoms with Gasteiger partial charge in [-0.3, -0.25) is 9.20 Å².